The number of benzene rings is 1. The first kappa shape index (κ1) is 35.4. The maximum absolute atomic E-state index is 14.1. The number of rotatable bonds is 8. The van der Waals surface area contributed by atoms with E-state index in [2.05, 4.69) is 31.0 Å². The standard InChI is InChI=1S/C34H44BrN5O8S/c1-19(2)47-28-16-27(23-13-14-26(46-3)29(35)30(23)37-28)48-21-15-25-31(41)38-34(33(43)39-49(44,45)22-11-12-22)17-20(34)9-7-5-4-6-8-10-24(36)32(42)40(25)18-21/h7,9,13-14,16,19-22,24-25H,4-6,8,10-12,15,17-18,36H2,1-3H3,(H,38,41)(H,39,43)/b9-7-/t20-,21-,24+,25+,34-/m1/s1. The van der Waals surface area contributed by atoms with Crippen LogP contribution in [0.1, 0.15) is 71.6 Å². The molecule has 0 radical (unpaired) electrons. The summed E-state index contributed by atoms with van der Waals surface area (Å²) in [4.78, 5) is 47.7. The summed E-state index contributed by atoms with van der Waals surface area (Å²) < 4.78 is 46.3. The molecule has 49 heavy (non-hydrogen) atoms. The van der Waals surface area contributed by atoms with Crippen molar-refractivity contribution in [2.75, 3.05) is 13.7 Å². The Bertz CT molecular complexity index is 1770. The number of nitrogens with two attached hydrogens (primary N) is 1. The Morgan fingerprint density at radius 2 is 1.94 bits per heavy atom. The molecule has 0 unspecified atom stereocenters. The Hall–Kier alpha value is -3.43. The fourth-order valence-electron chi connectivity index (χ4n) is 6.67. The zero-order valence-electron chi connectivity index (χ0n) is 27.9. The molecule has 3 fully saturated rings. The van der Waals surface area contributed by atoms with Gasteiger partial charge in [0.25, 0.3) is 5.91 Å². The van der Waals surface area contributed by atoms with Gasteiger partial charge in [0.1, 0.15) is 29.2 Å². The quantitative estimate of drug-likeness (QED) is 0.338. The summed E-state index contributed by atoms with van der Waals surface area (Å²) >= 11 is 3.58. The van der Waals surface area contributed by atoms with Gasteiger partial charge in [0.05, 0.1) is 41.0 Å². The van der Waals surface area contributed by atoms with Crippen LogP contribution in [-0.4, -0.2) is 84.8 Å². The fraction of sp³-hybridized carbons (Fsp3) is 0.588. The van der Waals surface area contributed by atoms with Crippen molar-refractivity contribution < 1.29 is 37.0 Å². The molecule has 2 aliphatic carbocycles. The monoisotopic (exact) mass is 761 g/mol. The van der Waals surface area contributed by atoms with E-state index < -0.39 is 50.8 Å². The molecule has 1 saturated heterocycles. The van der Waals surface area contributed by atoms with E-state index in [1.54, 1.807) is 19.2 Å². The van der Waals surface area contributed by atoms with E-state index in [-0.39, 0.29) is 37.3 Å². The van der Waals surface area contributed by atoms with Gasteiger partial charge in [-0.1, -0.05) is 25.0 Å². The lowest BCUT2D eigenvalue weighted by Gasteiger charge is -2.28. The predicted octanol–water partition coefficient (Wildman–Crippen LogP) is 3.47. The van der Waals surface area contributed by atoms with Crippen LogP contribution in [0.25, 0.3) is 10.9 Å². The number of nitrogens with zero attached hydrogens (tertiary/aromatic N) is 2. The van der Waals surface area contributed by atoms with E-state index >= 15 is 0 Å². The van der Waals surface area contributed by atoms with Crippen molar-refractivity contribution in [2.45, 2.75) is 107 Å². The molecule has 4 aliphatic rings. The van der Waals surface area contributed by atoms with Crippen LogP contribution in [0.5, 0.6) is 17.4 Å². The Morgan fingerprint density at radius 3 is 2.65 bits per heavy atom. The molecule has 2 saturated carbocycles. The second-order valence-corrected chi connectivity index (χ2v) is 16.5. The maximum atomic E-state index is 14.1. The summed E-state index contributed by atoms with van der Waals surface area (Å²) in [5, 5.41) is 2.95. The number of aromatic nitrogens is 1. The van der Waals surface area contributed by atoms with E-state index in [1.807, 2.05) is 32.1 Å². The van der Waals surface area contributed by atoms with Gasteiger partial charge in [0.15, 0.2) is 0 Å². The van der Waals surface area contributed by atoms with Crippen LogP contribution in [0.3, 0.4) is 0 Å². The lowest BCUT2D eigenvalue weighted by Crippen LogP contribution is -2.57. The summed E-state index contributed by atoms with van der Waals surface area (Å²) in [5.41, 5.74) is 5.52. The van der Waals surface area contributed by atoms with Gasteiger partial charge >= 0.3 is 0 Å². The summed E-state index contributed by atoms with van der Waals surface area (Å²) in [6.45, 7) is 3.85. The topological polar surface area (TPSA) is 179 Å². The zero-order valence-corrected chi connectivity index (χ0v) is 30.3. The Morgan fingerprint density at radius 1 is 1.16 bits per heavy atom. The molecule has 5 atom stereocenters. The normalized spacial score (nSPS) is 28.5. The van der Waals surface area contributed by atoms with Gasteiger partial charge in [0, 0.05) is 23.8 Å². The molecule has 0 bridgehead atoms. The lowest BCUT2D eigenvalue weighted by atomic mass is 10.1. The molecule has 2 aromatic rings. The number of pyridine rings is 1. The van der Waals surface area contributed by atoms with Gasteiger partial charge in [0.2, 0.25) is 27.7 Å². The highest BCUT2D eigenvalue weighted by atomic mass is 79.9. The van der Waals surface area contributed by atoms with Crippen molar-refractivity contribution in [1.29, 1.82) is 0 Å². The smallest absolute Gasteiger partial charge is 0.259 e. The van der Waals surface area contributed by atoms with Crippen LogP contribution in [0.15, 0.2) is 34.8 Å². The highest BCUT2D eigenvalue weighted by molar-refractivity contribution is 9.10. The number of ether oxygens (including phenoxy) is 3. The predicted molar refractivity (Wildman–Crippen MR) is 186 cm³/mol. The third kappa shape index (κ3) is 7.53. The second-order valence-electron chi connectivity index (χ2n) is 13.7. The number of methoxy groups -OCH3 is 1. The van der Waals surface area contributed by atoms with E-state index in [9.17, 15) is 22.8 Å². The number of halogens is 1. The highest BCUT2D eigenvalue weighted by Crippen LogP contribution is 2.46. The number of nitrogens with one attached hydrogen (secondary N) is 2. The number of fused-ring (bicyclic) bond motifs is 3. The summed E-state index contributed by atoms with van der Waals surface area (Å²) in [6.07, 6.45) is 8.14. The number of carbonyl (C=O) groups is 3. The number of hydrogen-bond donors (Lipinski definition) is 3. The molecule has 4 N–H and O–H groups in total. The summed E-state index contributed by atoms with van der Waals surface area (Å²) in [6, 6.07) is 3.47. The molecule has 1 aromatic carbocycles. The average Bonchev–Trinajstić information content (AvgIpc) is 3.97. The minimum absolute atomic E-state index is 0.0741. The zero-order chi connectivity index (χ0) is 35.1. The van der Waals surface area contributed by atoms with E-state index in [1.165, 1.54) is 4.90 Å². The second kappa shape index (κ2) is 14.1. The number of amides is 3. The first-order valence-corrected chi connectivity index (χ1v) is 19.3. The first-order chi connectivity index (χ1) is 23.3. The van der Waals surface area contributed by atoms with Crippen molar-refractivity contribution in [3.8, 4) is 17.4 Å². The molecule has 266 valence electrons. The molecule has 3 amide bonds. The van der Waals surface area contributed by atoms with Crippen molar-refractivity contribution in [2.24, 2.45) is 11.7 Å². The number of hydrogen-bond acceptors (Lipinski definition) is 10. The third-order valence-corrected chi connectivity index (χ3v) is 12.2. The number of carbonyl (C=O) groups excluding carboxylic acids is 3. The Labute approximate surface area is 294 Å². The first-order valence-electron chi connectivity index (χ1n) is 16.9. The average molecular weight is 763 g/mol. The number of sulfonamides is 1. The van der Waals surface area contributed by atoms with Crippen LogP contribution in [-0.2, 0) is 24.4 Å². The number of allylic oxidation sites excluding steroid dienone is 1. The molecule has 13 nitrogen and oxygen atoms in total. The molecule has 6 rings (SSSR count). The summed E-state index contributed by atoms with van der Waals surface area (Å²) in [7, 11) is -2.29. The minimum Gasteiger partial charge on any atom is -0.495 e. The highest BCUT2D eigenvalue weighted by Gasteiger charge is 2.62. The molecule has 2 aliphatic heterocycles. The van der Waals surface area contributed by atoms with Crippen LogP contribution in [0.2, 0.25) is 0 Å². The molecule has 1 aromatic heterocycles. The van der Waals surface area contributed by atoms with Crippen LogP contribution in [0.4, 0.5) is 0 Å². The third-order valence-electron chi connectivity index (χ3n) is 9.58. The largest absolute Gasteiger partial charge is 0.495 e. The molecular formula is C34H44BrN5O8S. The molecule has 3 heterocycles. The van der Waals surface area contributed by atoms with Crippen molar-refractivity contribution >= 4 is 54.6 Å². The lowest BCUT2D eigenvalue weighted by molar-refractivity contribution is -0.140. The van der Waals surface area contributed by atoms with E-state index in [0.717, 1.165) is 25.7 Å². The van der Waals surface area contributed by atoms with Crippen LogP contribution in [0, 0.1) is 5.92 Å². The van der Waals surface area contributed by atoms with Gasteiger partial charge in [-0.25, -0.2) is 13.4 Å². The van der Waals surface area contributed by atoms with E-state index in [0.29, 0.717) is 52.0 Å². The Balaban J connectivity index is 1.31. The Kier molecular flexibility index (Phi) is 10.2. The SMILES string of the molecule is COc1ccc2c(O[C@@H]3C[C@H]4C(=O)N[C@]5(C(=O)NS(=O)(=O)C6CC6)C[C@H]5/C=C\CCCCC[C@H](N)C(=O)N4C3)cc(OC(C)C)nc2c1Br. The van der Waals surface area contributed by atoms with Crippen LogP contribution < -0.4 is 30.0 Å². The molecule has 0 spiro atoms. The van der Waals surface area contributed by atoms with Crippen molar-refractivity contribution in [3.05, 3.63) is 34.8 Å². The van der Waals surface area contributed by atoms with E-state index in [4.69, 9.17) is 19.9 Å². The van der Waals surface area contributed by atoms with Crippen LogP contribution >= 0.6 is 15.9 Å². The molecular weight excluding hydrogens is 718 g/mol. The van der Waals surface area contributed by atoms with Crippen molar-refractivity contribution in [3.63, 3.8) is 0 Å². The maximum Gasteiger partial charge on any atom is 0.259 e. The van der Waals surface area contributed by atoms with Gasteiger partial charge in [-0.15, -0.1) is 0 Å². The van der Waals surface area contributed by atoms with Gasteiger partial charge in [-0.3, -0.25) is 19.1 Å². The van der Waals surface area contributed by atoms with Crippen molar-refractivity contribution in [1.82, 2.24) is 19.9 Å². The van der Waals surface area contributed by atoms with Gasteiger partial charge in [-0.2, -0.15) is 0 Å². The van der Waals surface area contributed by atoms with Gasteiger partial charge in [-0.05, 0) is 80.4 Å². The van der Waals surface area contributed by atoms with Gasteiger partial charge < -0.3 is 30.2 Å². The minimum atomic E-state index is -3.85. The molecule has 15 heteroatoms. The summed E-state index contributed by atoms with van der Waals surface area (Å²) in [5.74, 6) is -0.723. The fourth-order valence-corrected chi connectivity index (χ4v) is 8.63.